The van der Waals surface area contributed by atoms with E-state index in [9.17, 15) is 13.6 Å². The number of hydrogen-bond donors (Lipinski definition) is 1. The second-order valence-electron chi connectivity index (χ2n) is 5.22. The number of carbonyl (C=O) groups excluding carboxylic acids is 1. The smallest absolute Gasteiger partial charge is 0.330 e. The van der Waals surface area contributed by atoms with Crippen molar-refractivity contribution in [2.45, 2.75) is 19.0 Å². The first-order valence-corrected chi connectivity index (χ1v) is 7.63. The van der Waals surface area contributed by atoms with Gasteiger partial charge in [0, 0.05) is 12.1 Å². The Balaban J connectivity index is 2.38. The van der Waals surface area contributed by atoms with E-state index in [0.29, 0.717) is 5.56 Å². The molecule has 1 atom stereocenters. The summed E-state index contributed by atoms with van der Waals surface area (Å²) >= 11 is 11.7. The highest BCUT2D eigenvalue weighted by atomic mass is 35.5. The van der Waals surface area contributed by atoms with Gasteiger partial charge in [0.1, 0.15) is 27.5 Å². The Morgan fingerprint density at radius 3 is 2.46 bits per heavy atom. The van der Waals surface area contributed by atoms with Crippen molar-refractivity contribution in [3.63, 3.8) is 0 Å². The number of benzene rings is 1. The van der Waals surface area contributed by atoms with Crippen LogP contribution in [0.4, 0.5) is 8.78 Å². The number of carbonyl (C=O) groups is 1. The molecule has 0 aliphatic heterocycles. The van der Waals surface area contributed by atoms with Gasteiger partial charge in [-0.2, -0.15) is 0 Å². The molecule has 24 heavy (non-hydrogen) atoms. The molecule has 0 saturated carbocycles. The number of aromatic nitrogens is 1. The largest absolute Gasteiger partial charge is 0.467 e. The van der Waals surface area contributed by atoms with E-state index in [0.717, 1.165) is 18.2 Å². The van der Waals surface area contributed by atoms with E-state index in [1.165, 1.54) is 14.0 Å². The average Bonchev–Trinajstić information content (AvgIpc) is 2.53. The van der Waals surface area contributed by atoms with E-state index in [4.69, 9.17) is 27.9 Å². The third-order valence-corrected chi connectivity index (χ3v) is 3.92. The summed E-state index contributed by atoms with van der Waals surface area (Å²) < 4.78 is 32.4. The van der Waals surface area contributed by atoms with Crippen LogP contribution in [0, 0.1) is 11.6 Å². The summed E-state index contributed by atoms with van der Waals surface area (Å²) in [7, 11) is 1.17. The van der Waals surface area contributed by atoms with Gasteiger partial charge in [-0.3, -0.25) is 5.32 Å². The Kier molecular flexibility index (Phi) is 5.74. The van der Waals surface area contributed by atoms with Crippen molar-refractivity contribution in [1.82, 2.24) is 10.3 Å². The Morgan fingerprint density at radius 2 is 1.88 bits per heavy atom. The fourth-order valence-electron chi connectivity index (χ4n) is 2.26. The molecule has 0 radical (unpaired) electrons. The van der Waals surface area contributed by atoms with E-state index in [1.54, 1.807) is 12.1 Å². The molecule has 1 heterocycles. The summed E-state index contributed by atoms with van der Waals surface area (Å²) in [4.78, 5) is 16.0. The van der Waals surface area contributed by atoms with Gasteiger partial charge in [0.25, 0.3) is 0 Å². The second-order valence-corrected chi connectivity index (χ2v) is 5.99. The number of rotatable bonds is 5. The normalized spacial score (nSPS) is 13.4. The molecule has 0 spiro atoms. The molecule has 0 aliphatic rings. The molecule has 8 heteroatoms. The summed E-state index contributed by atoms with van der Waals surface area (Å²) in [5, 5.41) is 3.23. The van der Waals surface area contributed by atoms with Crippen molar-refractivity contribution in [1.29, 1.82) is 0 Å². The Bertz CT molecular complexity index is 753. The summed E-state index contributed by atoms with van der Waals surface area (Å²) in [5.74, 6) is -2.17. The third kappa shape index (κ3) is 4.01. The number of nitrogens with one attached hydrogen (secondary N) is 1. The van der Waals surface area contributed by atoms with Crippen molar-refractivity contribution < 1.29 is 18.3 Å². The first kappa shape index (κ1) is 18.6. The van der Waals surface area contributed by atoms with Crippen molar-refractivity contribution >= 4 is 29.2 Å². The van der Waals surface area contributed by atoms with Crippen molar-refractivity contribution in [3.05, 3.63) is 63.4 Å². The molecule has 2 aromatic rings. The van der Waals surface area contributed by atoms with Crippen LogP contribution in [0.2, 0.25) is 10.3 Å². The fourth-order valence-corrected chi connectivity index (χ4v) is 2.76. The molecule has 0 fully saturated rings. The van der Waals surface area contributed by atoms with Gasteiger partial charge in [-0.05, 0) is 42.8 Å². The number of ether oxygens (including phenoxy) is 1. The minimum atomic E-state index is -1.61. The third-order valence-electron chi connectivity index (χ3n) is 3.53. The van der Waals surface area contributed by atoms with Crippen molar-refractivity contribution in [2.75, 3.05) is 7.11 Å². The standard InChI is InChI=1S/C16H14Cl2F2N2O2/c1-16(15(23)24-2,11-7-10(19)3-4-12(11)20)21-8-9-5-13(17)22-14(18)6-9/h3-7,21H,8H2,1-2H3/t16-/m0/s1. The Hall–Kier alpha value is -1.76. The molecule has 2 rings (SSSR count). The summed E-state index contributed by atoms with van der Waals surface area (Å²) in [5.41, 5.74) is -1.16. The highest BCUT2D eigenvalue weighted by molar-refractivity contribution is 6.32. The molecular weight excluding hydrogens is 361 g/mol. The van der Waals surface area contributed by atoms with Crippen LogP contribution in [0.25, 0.3) is 0 Å². The van der Waals surface area contributed by atoms with Crippen LogP contribution in [-0.4, -0.2) is 18.1 Å². The van der Waals surface area contributed by atoms with Crippen molar-refractivity contribution in [3.8, 4) is 0 Å². The van der Waals surface area contributed by atoms with E-state index in [2.05, 4.69) is 10.3 Å². The van der Waals surface area contributed by atoms with Gasteiger partial charge >= 0.3 is 5.97 Å². The SMILES string of the molecule is COC(=O)[C@@](C)(NCc1cc(Cl)nc(Cl)c1)c1cc(F)ccc1F. The maximum atomic E-state index is 14.1. The lowest BCUT2D eigenvalue weighted by Gasteiger charge is -2.29. The number of pyridine rings is 1. The fraction of sp³-hybridized carbons (Fsp3) is 0.250. The van der Waals surface area contributed by atoms with Gasteiger partial charge in [0.2, 0.25) is 0 Å². The molecule has 1 N–H and O–H groups in total. The molecule has 1 aromatic heterocycles. The molecule has 0 unspecified atom stereocenters. The molecule has 0 bridgehead atoms. The second kappa shape index (κ2) is 7.42. The summed E-state index contributed by atoms with van der Waals surface area (Å²) in [6.07, 6.45) is 0. The maximum Gasteiger partial charge on any atom is 0.330 e. The van der Waals surface area contributed by atoms with E-state index in [1.807, 2.05) is 0 Å². The van der Waals surface area contributed by atoms with Crippen LogP contribution in [0.15, 0.2) is 30.3 Å². The van der Waals surface area contributed by atoms with Crippen LogP contribution in [0.5, 0.6) is 0 Å². The Morgan fingerprint density at radius 1 is 1.25 bits per heavy atom. The lowest BCUT2D eigenvalue weighted by Crippen LogP contribution is -2.47. The van der Waals surface area contributed by atoms with Crippen LogP contribution < -0.4 is 5.32 Å². The monoisotopic (exact) mass is 374 g/mol. The quantitative estimate of drug-likeness (QED) is 0.637. The van der Waals surface area contributed by atoms with Crippen LogP contribution in [0.3, 0.4) is 0 Å². The summed E-state index contributed by atoms with van der Waals surface area (Å²) in [6.45, 7) is 1.50. The van der Waals surface area contributed by atoms with Crippen LogP contribution >= 0.6 is 23.2 Å². The zero-order chi connectivity index (χ0) is 17.9. The molecular formula is C16H14Cl2F2N2O2. The van der Waals surface area contributed by atoms with Gasteiger partial charge < -0.3 is 4.74 Å². The number of nitrogens with zero attached hydrogens (tertiary/aromatic N) is 1. The highest BCUT2D eigenvalue weighted by Crippen LogP contribution is 2.27. The topological polar surface area (TPSA) is 51.2 Å². The molecule has 0 saturated heterocycles. The zero-order valence-corrected chi connectivity index (χ0v) is 14.4. The van der Waals surface area contributed by atoms with Crippen LogP contribution in [-0.2, 0) is 21.6 Å². The molecule has 4 nitrogen and oxygen atoms in total. The Labute approximate surface area is 147 Å². The number of hydrogen-bond acceptors (Lipinski definition) is 4. The van der Waals surface area contributed by atoms with Gasteiger partial charge in [-0.1, -0.05) is 23.2 Å². The number of esters is 1. The summed E-state index contributed by atoms with van der Waals surface area (Å²) in [6, 6.07) is 5.96. The molecule has 1 aromatic carbocycles. The van der Waals surface area contributed by atoms with Gasteiger partial charge in [-0.25, -0.2) is 18.6 Å². The minimum Gasteiger partial charge on any atom is -0.467 e. The predicted octanol–water partition coefficient (Wildman–Crippen LogP) is 3.84. The van der Waals surface area contributed by atoms with Gasteiger partial charge in [-0.15, -0.1) is 0 Å². The number of methoxy groups -OCH3 is 1. The molecule has 0 amide bonds. The number of halogens is 4. The first-order chi connectivity index (χ1) is 11.3. The predicted molar refractivity (Wildman–Crippen MR) is 86.8 cm³/mol. The minimum absolute atomic E-state index is 0.101. The lowest BCUT2D eigenvalue weighted by atomic mass is 9.91. The van der Waals surface area contributed by atoms with Crippen LogP contribution in [0.1, 0.15) is 18.1 Å². The lowest BCUT2D eigenvalue weighted by molar-refractivity contribution is -0.148. The zero-order valence-electron chi connectivity index (χ0n) is 12.9. The molecule has 128 valence electrons. The van der Waals surface area contributed by atoms with Crippen molar-refractivity contribution in [2.24, 2.45) is 0 Å². The van der Waals surface area contributed by atoms with Gasteiger partial charge in [0.15, 0.2) is 0 Å². The molecule has 0 aliphatic carbocycles. The first-order valence-electron chi connectivity index (χ1n) is 6.87. The van der Waals surface area contributed by atoms with E-state index in [-0.39, 0.29) is 22.4 Å². The average molecular weight is 375 g/mol. The van der Waals surface area contributed by atoms with E-state index >= 15 is 0 Å². The highest BCUT2D eigenvalue weighted by Gasteiger charge is 2.38. The maximum absolute atomic E-state index is 14.1. The van der Waals surface area contributed by atoms with Gasteiger partial charge in [0.05, 0.1) is 7.11 Å². The van der Waals surface area contributed by atoms with E-state index < -0.39 is 23.1 Å².